The van der Waals surface area contributed by atoms with E-state index in [0.29, 0.717) is 18.8 Å². The summed E-state index contributed by atoms with van der Waals surface area (Å²) in [5, 5.41) is 16.7. The number of halogens is 1. The molecule has 0 bridgehead atoms. The summed E-state index contributed by atoms with van der Waals surface area (Å²) in [6.07, 6.45) is 6.10. The molecule has 2 atom stereocenters. The van der Waals surface area contributed by atoms with E-state index >= 15 is 0 Å². The van der Waals surface area contributed by atoms with E-state index in [2.05, 4.69) is 50.8 Å². The molecular formula is C46H52ClN7O7S. The molecule has 2 aliphatic heterocycles. The van der Waals surface area contributed by atoms with Crippen LogP contribution >= 0.6 is 11.6 Å². The first-order valence-corrected chi connectivity index (χ1v) is 22.9. The van der Waals surface area contributed by atoms with E-state index in [1.807, 2.05) is 36.5 Å². The largest absolute Gasteiger partial charge is 0.456 e. The molecule has 0 spiro atoms. The smallest absolute Gasteiger partial charge is 0.293 e. The van der Waals surface area contributed by atoms with E-state index in [-0.39, 0.29) is 41.1 Å². The lowest BCUT2D eigenvalue weighted by atomic mass is 9.72. The molecule has 62 heavy (non-hydrogen) atoms. The highest BCUT2D eigenvalue weighted by atomic mass is 35.5. The number of benzene rings is 4. The van der Waals surface area contributed by atoms with Crippen molar-refractivity contribution in [3.8, 4) is 11.5 Å². The van der Waals surface area contributed by atoms with Crippen LogP contribution in [0.15, 0.2) is 102 Å². The maximum atomic E-state index is 13.9. The fourth-order valence-electron chi connectivity index (χ4n) is 8.59. The van der Waals surface area contributed by atoms with Gasteiger partial charge in [0.25, 0.3) is 21.6 Å². The van der Waals surface area contributed by atoms with Crippen molar-refractivity contribution in [2.45, 2.75) is 63.0 Å². The van der Waals surface area contributed by atoms with Crippen molar-refractivity contribution in [3.05, 3.63) is 123 Å². The monoisotopic (exact) mass is 881 g/mol. The number of piperazine rings is 1. The normalized spacial score (nSPS) is 19.6. The SMILES string of the molecule is CC1(C)CCC(CN2CCN(c3ccc(C(=O)NS(=O)(=O)c4ccc(NCC5CC(N)CCO5)c([N+](=O)[O-])c4)c(Oc4ccc5[nH]ccc5c4)c3)CC2)=C(c2ccc(Cl)cc2)C1. The summed E-state index contributed by atoms with van der Waals surface area (Å²) in [5.41, 5.74) is 11.7. The minimum Gasteiger partial charge on any atom is -0.456 e. The highest BCUT2D eigenvalue weighted by molar-refractivity contribution is 7.90. The van der Waals surface area contributed by atoms with Gasteiger partial charge in [0.05, 0.1) is 21.5 Å². The molecule has 1 aliphatic carbocycles. The molecule has 2 saturated heterocycles. The van der Waals surface area contributed by atoms with Crippen LogP contribution < -0.4 is 25.4 Å². The van der Waals surface area contributed by atoms with Crippen molar-refractivity contribution in [3.63, 3.8) is 0 Å². The van der Waals surface area contributed by atoms with Crippen LogP contribution in [-0.4, -0.2) is 87.2 Å². The minimum absolute atomic E-state index is 0.0227. The summed E-state index contributed by atoms with van der Waals surface area (Å²) in [6.45, 7) is 9.41. The Morgan fingerprint density at radius 3 is 2.58 bits per heavy atom. The molecule has 5 N–H and O–H groups in total. The van der Waals surface area contributed by atoms with Gasteiger partial charge in [-0.1, -0.05) is 43.2 Å². The van der Waals surface area contributed by atoms with Gasteiger partial charge in [-0.15, -0.1) is 0 Å². The number of sulfonamides is 1. The fourth-order valence-corrected chi connectivity index (χ4v) is 9.70. The van der Waals surface area contributed by atoms with Gasteiger partial charge in [-0.2, -0.15) is 0 Å². The second kappa shape index (κ2) is 18.1. The number of nitro groups is 1. The number of nitrogens with two attached hydrogens (primary N) is 1. The Kier molecular flexibility index (Phi) is 12.6. The minimum atomic E-state index is -4.57. The van der Waals surface area contributed by atoms with Gasteiger partial charge in [-0.25, -0.2) is 13.1 Å². The number of aromatic amines is 1. The van der Waals surface area contributed by atoms with E-state index in [1.165, 1.54) is 28.8 Å². The van der Waals surface area contributed by atoms with E-state index in [1.54, 1.807) is 24.3 Å². The van der Waals surface area contributed by atoms with Gasteiger partial charge >= 0.3 is 0 Å². The zero-order valence-electron chi connectivity index (χ0n) is 34.9. The number of nitro benzene ring substituents is 1. The van der Waals surface area contributed by atoms with Gasteiger partial charge in [0.15, 0.2) is 0 Å². The van der Waals surface area contributed by atoms with E-state index in [9.17, 15) is 23.3 Å². The predicted octanol–water partition coefficient (Wildman–Crippen LogP) is 8.34. The third-order valence-corrected chi connectivity index (χ3v) is 13.7. The van der Waals surface area contributed by atoms with E-state index < -0.39 is 31.4 Å². The molecule has 5 aromatic rings. The molecule has 0 radical (unpaired) electrons. The molecule has 3 aliphatic rings. The van der Waals surface area contributed by atoms with Gasteiger partial charge in [0.1, 0.15) is 17.2 Å². The number of carbonyl (C=O) groups is 1. The molecule has 3 heterocycles. The van der Waals surface area contributed by atoms with Crippen LogP contribution in [0.5, 0.6) is 11.5 Å². The van der Waals surface area contributed by atoms with Crippen LogP contribution in [0.4, 0.5) is 17.1 Å². The predicted molar refractivity (Wildman–Crippen MR) is 243 cm³/mol. The van der Waals surface area contributed by atoms with Crippen LogP contribution in [0.3, 0.4) is 0 Å². The lowest BCUT2D eigenvalue weighted by Gasteiger charge is -2.39. The molecule has 4 aromatic carbocycles. The van der Waals surface area contributed by atoms with Crippen LogP contribution in [0.2, 0.25) is 5.02 Å². The van der Waals surface area contributed by atoms with Crippen LogP contribution in [0.25, 0.3) is 16.5 Å². The van der Waals surface area contributed by atoms with Gasteiger partial charge in [0.2, 0.25) is 0 Å². The number of nitrogens with zero attached hydrogens (tertiary/aromatic N) is 3. The Labute approximate surface area is 366 Å². The third-order valence-electron chi connectivity index (χ3n) is 12.1. The lowest BCUT2D eigenvalue weighted by Crippen LogP contribution is -2.47. The van der Waals surface area contributed by atoms with Crippen LogP contribution in [-0.2, 0) is 14.8 Å². The summed E-state index contributed by atoms with van der Waals surface area (Å²) in [6, 6.07) is 24.1. The zero-order chi connectivity index (χ0) is 43.6. The van der Waals surface area contributed by atoms with Gasteiger partial charge in [-0.05, 0) is 109 Å². The van der Waals surface area contributed by atoms with Crippen LogP contribution in [0.1, 0.15) is 61.9 Å². The molecule has 16 heteroatoms. The van der Waals surface area contributed by atoms with Crippen molar-refractivity contribution in [2.75, 3.05) is 56.1 Å². The Balaban J connectivity index is 1.00. The quantitative estimate of drug-likeness (QED) is 0.0658. The molecule has 1 amide bonds. The topological polar surface area (TPSA) is 185 Å². The number of nitrogens with one attached hydrogen (secondary N) is 3. The fraction of sp³-hybridized carbons (Fsp3) is 0.370. The second-order valence-corrected chi connectivity index (χ2v) is 19.4. The number of anilines is 2. The Bertz CT molecular complexity index is 2610. The standard InChI is InChI=1S/C46H52ClN7O7S/c1-46(2)16-13-32(40(27-46)30-3-5-33(47)6-4-30)29-52-18-20-53(21-19-52)35-7-10-39(44(25-35)61-36-8-11-41-31(23-36)14-17-49-41)45(55)51-62(58,59)38-9-12-42(43(26-38)54(56)57)50-28-37-24-34(48)15-22-60-37/h3-12,14,17,23,25-26,34,37,49-50H,13,15-16,18-22,24,27-29,48H2,1-2H3,(H,51,55). The van der Waals surface area contributed by atoms with E-state index in [0.717, 1.165) is 86.1 Å². The van der Waals surface area contributed by atoms with Gasteiger partial charge in [0, 0.05) is 91.9 Å². The third kappa shape index (κ3) is 10.1. The number of H-pyrrole nitrogens is 1. The highest BCUT2D eigenvalue weighted by Crippen LogP contribution is 2.43. The van der Waals surface area contributed by atoms with Crippen molar-refractivity contribution in [1.29, 1.82) is 0 Å². The molecule has 0 saturated carbocycles. The molecule has 1 aromatic heterocycles. The van der Waals surface area contributed by atoms with Crippen molar-refractivity contribution in [1.82, 2.24) is 14.6 Å². The van der Waals surface area contributed by atoms with E-state index in [4.69, 9.17) is 26.8 Å². The van der Waals surface area contributed by atoms with Crippen molar-refractivity contribution >= 4 is 61.1 Å². The number of carbonyl (C=O) groups excluding carboxylic acids is 1. The maximum Gasteiger partial charge on any atom is 0.293 e. The number of fused-ring (bicyclic) bond motifs is 1. The zero-order valence-corrected chi connectivity index (χ0v) is 36.4. The first kappa shape index (κ1) is 43.2. The summed E-state index contributed by atoms with van der Waals surface area (Å²) in [4.78, 5) is 32.8. The number of ether oxygens (including phenoxy) is 2. The molecule has 2 fully saturated rings. The summed E-state index contributed by atoms with van der Waals surface area (Å²) >= 11 is 6.24. The Morgan fingerprint density at radius 1 is 1.03 bits per heavy atom. The molecule has 8 rings (SSSR count). The highest BCUT2D eigenvalue weighted by Gasteiger charge is 2.31. The number of amides is 1. The van der Waals surface area contributed by atoms with Crippen LogP contribution in [0, 0.1) is 15.5 Å². The number of hydrogen-bond acceptors (Lipinski definition) is 11. The first-order valence-electron chi connectivity index (χ1n) is 21.0. The summed E-state index contributed by atoms with van der Waals surface area (Å²) in [7, 11) is -4.57. The maximum absolute atomic E-state index is 13.9. The molecule has 14 nitrogen and oxygen atoms in total. The summed E-state index contributed by atoms with van der Waals surface area (Å²) in [5.74, 6) is -0.337. The Morgan fingerprint density at radius 2 is 1.82 bits per heavy atom. The average Bonchev–Trinajstić information content (AvgIpc) is 3.72. The van der Waals surface area contributed by atoms with Crippen molar-refractivity contribution in [2.24, 2.45) is 11.1 Å². The van der Waals surface area contributed by atoms with Crippen molar-refractivity contribution < 1.29 is 27.6 Å². The summed E-state index contributed by atoms with van der Waals surface area (Å²) < 4.78 is 41.6. The lowest BCUT2D eigenvalue weighted by molar-refractivity contribution is -0.384. The number of allylic oxidation sites excluding steroid dienone is 1. The number of aromatic nitrogens is 1. The van der Waals surface area contributed by atoms with Gasteiger partial charge < -0.3 is 30.4 Å². The number of rotatable bonds is 13. The first-order chi connectivity index (χ1) is 29.7. The molecule has 2 unspecified atom stereocenters. The molecular weight excluding hydrogens is 830 g/mol. The molecule has 326 valence electrons. The average molecular weight is 882 g/mol. The number of hydrogen-bond donors (Lipinski definition) is 4. The van der Waals surface area contributed by atoms with Gasteiger partial charge in [-0.3, -0.25) is 19.8 Å². The second-order valence-electron chi connectivity index (χ2n) is 17.2. The Hall–Kier alpha value is -5.45.